The van der Waals surface area contributed by atoms with E-state index >= 15 is 0 Å². The molecule has 11 heteroatoms. The summed E-state index contributed by atoms with van der Waals surface area (Å²) < 4.78 is 6.42. The van der Waals surface area contributed by atoms with Gasteiger partial charge in [0.1, 0.15) is 17.6 Å². The quantitative estimate of drug-likeness (QED) is 0.420. The Bertz CT molecular complexity index is 737. The Kier molecular flexibility index (Phi) is 4.97. The molecular formula is C12H13N5O4S2. The molecule has 0 aliphatic carbocycles. The topological polar surface area (TPSA) is 144 Å². The van der Waals surface area contributed by atoms with E-state index in [2.05, 4.69) is 20.0 Å². The maximum absolute atomic E-state index is 10.3. The number of thiazole rings is 1. The number of hydrogen-bond acceptors (Lipinski definition) is 9. The van der Waals surface area contributed by atoms with Crippen LogP contribution in [-0.2, 0) is 4.74 Å². The summed E-state index contributed by atoms with van der Waals surface area (Å²) >= 11 is 2.62. The van der Waals surface area contributed by atoms with Crippen LogP contribution in [0.3, 0.4) is 0 Å². The highest BCUT2D eigenvalue weighted by atomic mass is 32.2. The second-order valence-electron chi connectivity index (χ2n) is 4.87. The predicted molar refractivity (Wildman–Crippen MR) is 84.0 cm³/mol. The van der Waals surface area contributed by atoms with Gasteiger partial charge in [-0.1, -0.05) is 16.9 Å². The van der Waals surface area contributed by atoms with E-state index in [0.29, 0.717) is 5.65 Å². The monoisotopic (exact) mass is 355 g/mol. The number of aromatic nitrogens is 2. The number of ether oxygens (including phenoxy) is 1. The molecule has 0 radical (unpaired) electrons. The van der Waals surface area contributed by atoms with Gasteiger partial charge in [-0.05, 0) is 11.6 Å². The van der Waals surface area contributed by atoms with E-state index < -0.39 is 36.4 Å². The lowest BCUT2D eigenvalue weighted by molar-refractivity contribution is -0.159. The standard InChI is InChI=1S/C12H13N5O4S2/c13-17-16-8-9(19)6(3-18)21-12(10(8)20)23-5-1-7-11(14-2-5)15-4-22-7/h1-2,4,6,8-10,12,18-20H,3H2/t6?,8?,9-,10?,12+/m0/s1. The van der Waals surface area contributed by atoms with Gasteiger partial charge in [0.2, 0.25) is 0 Å². The van der Waals surface area contributed by atoms with Crippen molar-refractivity contribution in [3.05, 3.63) is 28.2 Å². The Hall–Kier alpha value is -1.46. The predicted octanol–water partition coefficient (Wildman–Crippen LogP) is 0.901. The summed E-state index contributed by atoms with van der Waals surface area (Å²) in [6.07, 6.45) is -1.83. The molecule has 0 saturated carbocycles. The first-order valence-electron chi connectivity index (χ1n) is 6.66. The first kappa shape index (κ1) is 16.4. The molecule has 0 bridgehead atoms. The first-order chi connectivity index (χ1) is 11.1. The van der Waals surface area contributed by atoms with E-state index in [1.54, 1.807) is 11.7 Å². The molecule has 0 aromatic carbocycles. The van der Waals surface area contributed by atoms with E-state index in [-0.39, 0.29) is 0 Å². The highest BCUT2D eigenvalue weighted by molar-refractivity contribution is 7.99. The van der Waals surface area contributed by atoms with Crippen LogP contribution >= 0.6 is 23.1 Å². The highest BCUT2D eigenvalue weighted by Gasteiger charge is 2.44. The van der Waals surface area contributed by atoms with Crippen LogP contribution < -0.4 is 0 Å². The summed E-state index contributed by atoms with van der Waals surface area (Å²) in [4.78, 5) is 11.7. The number of nitrogens with zero attached hydrogens (tertiary/aromatic N) is 5. The minimum absolute atomic E-state index is 0.450. The Morgan fingerprint density at radius 1 is 1.39 bits per heavy atom. The Morgan fingerprint density at radius 3 is 2.96 bits per heavy atom. The summed E-state index contributed by atoms with van der Waals surface area (Å²) in [5.74, 6) is 0. The van der Waals surface area contributed by atoms with Gasteiger partial charge in [0.25, 0.3) is 0 Å². The van der Waals surface area contributed by atoms with Crippen molar-refractivity contribution < 1.29 is 20.1 Å². The zero-order valence-electron chi connectivity index (χ0n) is 11.6. The lowest BCUT2D eigenvalue weighted by Gasteiger charge is -2.40. The van der Waals surface area contributed by atoms with Gasteiger partial charge in [0, 0.05) is 16.0 Å². The van der Waals surface area contributed by atoms with Gasteiger partial charge in [-0.3, -0.25) is 0 Å². The summed E-state index contributed by atoms with van der Waals surface area (Å²) in [5.41, 5.74) is 10.1. The largest absolute Gasteiger partial charge is 0.394 e. The third kappa shape index (κ3) is 3.26. The van der Waals surface area contributed by atoms with Crippen molar-refractivity contribution in [2.45, 2.75) is 34.7 Å². The van der Waals surface area contributed by atoms with Gasteiger partial charge in [0.05, 0.1) is 29.0 Å². The summed E-state index contributed by atoms with van der Waals surface area (Å²) in [6, 6.07) is 0.769. The number of hydrogen-bond donors (Lipinski definition) is 3. The average molecular weight is 355 g/mol. The van der Waals surface area contributed by atoms with Crippen LogP contribution in [-0.4, -0.2) is 61.7 Å². The van der Waals surface area contributed by atoms with Crippen LogP contribution in [0.25, 0.3) is 20.8 Å². The fraction of sp³-hybridized carbons (Fsp3) is 0.500. The van der Waals surface area contributed by atoms with Crippen LogP contribution in [0.2, 0.25) is 0 Å². The molecule has 122 valence electrons. The lowest BCUT2D eigenvalue weighted by atomic mass is 9.98. The zero-order chi connectivity index (χ0) is 16.4. The van der Waals surface area contributed by atoms with Crippen molar-refractivity contribution in [1.82, 2.24) is 9.97 Å². The molecule has 2 aromatic heterocycles. The fourth-order valence-electron chi connectivity index (χ4n) is 2.30. The first-order valence-corrected chi connectivity index (χ1v) is 8.42. The summed E-state index contributed by atoms with van der Waals surface area (Å²) in [7, 11) is 0. The lowest BCUT2D eigenvalue weighted by Crippen LogP contribution is -2.56. The van der Waals surface area contributed by atoms with Crippen molar-refractivity contribution in [1.29, 1.82) is 0 Å². The molecule has 2 aromatic rings. The second kappa shape index (κ2) is 6.97. The number of thioether (sulfide) groups is 1. The van der Waals surface area contributed by atoms with Gasteiger partial charge >= 0.3 is 0 Å². The number of fused-ring (bicyclic) bond motifs is 1. The van der Waals surface area contributed by atoms with Gasteiger partial charge in [-0.25, -0.2) is 9.97 Å². The molecule has 1 saturated heterocycles. The molecule has 5 atom stereocenters. The molecule has 3 N–H and O–H groups in total. The molecule has 1 aliphatic heterocycles. The molecule has 0 spiro atoms. The molecule has 0 amide bonds. The van der Waals surface area contributed by atoms with Gasteiger partial charge in [-0.15, -0.1) is 11.3 Å². The Labute approximate surface area is 138 Å². The van der Waals surface area contributed by atoms with Crippen molar-refractivity contribution in [2.75, 3.05) is 6.61 Å². The van der Waals surface area contributed by atoms with E-state index in [0.717, 1.165) is 9.60 Å². The zero-order valence-corrected chi connectivity index (χ0v) is 13.3. The molecule has 3 rings (SSSR count). The maximum Gasteiger partial charge on any atom is 0.170 e. The van der Waals surface area contributed by atoms with Gasteiger partial charge < -0.3 is 20.1 Å². The average Bonchev–Trinajstić information content (AvgIpc) is 3.01. The molecule has 3 unspecified atom stereocenters. The Morgan fingerprint density at radius 2 is 2.22 bits per heavy atom. The van der Waals surface area contributed by atoms with E-state index in [4.69, 9.17) is 10.3 Å². The summed E-state index contributed by atoms with van der Waals surface area (Å²) in [6.45, 7) is -0.450. The fourth-order valence-corrected chi connectivity index (χ4v) is 4.11. The summed E-state index contributed by atoms with van der Waals surface area (Å²) in [5, 5.41) is 33.0. The van der Waals surface area contributed by atoms with E-state index in [1.165, 1.54) is 23.1 Å². The third-order valence-corrected chi connectivity index (χ3v) is 5.33. The number of aliphatic hydroxyl groups is 3. The number of rotatable bonds is 4. The maximum atomic E-state index is 10.3. The van der Waals surface area contributed by atoms with E-state index in [9.17, 15) is 15.3 Å². The van der Waals surface area contributed by atoms with Gasteiger partial charge in [0.15, 0.2) is 5.65 Å². The van der Waals surface area contributed by atoms with Crippen molar-refractivity contribution in [3.63, 3.8) is 0 Å². The SMILES string of the molecule is [N-]=[N+]=NC1C(O)[C@@H](Sc2cnc3ncsc3c2)OC(CO)[C@@H]1O. The Balaban J connectivity index is 1.83. The van der Waals surface area contributed by atoms with Crippen LogP contribution in [0.5, 0.6) is 0 Å². The van der Waals surface area contributed by atoms with Crippen molar-refractivity contribution in [2.24, 2.45) is 5.11 Å². The second-order valence-corrected chi connectivity index (χ2v) is 6.92. The molecule has 1 aliphatic rings. The normalized spacial score (nSPS) is 31.0. The molecule has 3 heterocycles. The van der Waals surface area contributed by atoms with Crippen LogP contribution in [0, 0.1) is 0 Å². The molecule has 23 heavy (non-hydrogen) atoms. The van der Waals surface area contributed by atoms with Gasteiger partial charge in [-0.2, -0.15) is 0 Å². The van der Waals surface area contributed by atoms with Crippen molar-refractivity contribution >= 4 is 33.4 Å². The third-order valence-electron chi connectivity index (χ3n) is 3.45. The van der Waals surface area contributed by atoms with Crippen LogP contribution in [0.4, 0.5) is 0 Å². The highest BCUT2D eigenvalue weighted by Crippen LogP contribution is 2.35. The minimum Gasteiger partial charge on any atom is -0.394 e. The molecule has 1 fully saturated rings. The number of aliphatic hydroxyl groups excluding tert-OH is 3. The number of pyridine rings is 1. The van der Waals surface area contributed by atoms with Crippen LogP contribution in [0.15, 0.2) is 27.8 Å². The van der Waals surface area contributed by atoms with Crippen molar-refractivity contribution in [3.8, 4) is 0 Å². The smallest absolute Gasteiger partial charge is 0.170 e. The van der Waals surface area contributed by atoms with E-state index in [1.807, 2.05) is 6.07 Å². The molecular weight excluding hydrogens is 342 g/mol. The molecule has 9 nitrogen and oxygen atoms in total. The van der Waals surface area contributed by atoms with Crippen LogP contribution in [0.1, 0.15) is 0 Å². The number of azide groups is 1. The minimum atomic E-state index is -1.27.